The van der Waals surface area contributed by atoms with E-state index in [0.29, 0.717) is 6.61 Å². The molecule has 0 unspecified atom stereocenters. The lowest BCUT2D eigenvalue weighted by Gasteiger charge is -2.18. The highest BCUT2D eigenvalue weighted by atomic mass is 16.5. The highest BCUT2D eigenvalue weighted by Gasteiger charge is 2.08. The first-order valence-corrected chi connectivity index (χ1v) is 7.51. The lowest BCUT2D eigenvalue weighted by molar-refractivity contribution is -0.120. The van der Waals surface area contributed by atoms with E-state index in [-0.39, 0.29) is 11.7 Å². The SMILES string of the molecule is CCN(CC)CCOc1ccc(C[C@@H](C)C(C)=O)cc1. The maximum atomic E-state index is 11.2. The number of rotatable bonds is 9. The molecule has 1 rings (SSSR count). The summed E-state index contributed by atoms with van der Waals surface area (Å²) in [7, 11) is 0. The Morgan fingerprint density at radius 3 is 2.30 bits per heavy atom. The molecule has 1 aromatic rings. The van der Waals surface area contributed by atoms with Gasteiger partial charge in [-0.2, -0.15) is 0 Å². The van der Waals surface area contributed by atoms with Gasteiger partial charge in [0.05, 0.1) is 0 Å². The van der Waals surface area contributed by atoms with Gasteiger partial charge in [0.2, 0.25) is 0 Å². The zero-order valence-corrected chi connectivity index (χ0v) is 13.2. The van der Waals surface area contributed by atoms with Crippen LogP contribution in [0, 0.1) is 5.92 Å². The highest BCUT2D eigenvalue weighted by Crippen LogP contribution is 2.15. The molecule has 3 heteroatoms. The van der Waals surface area contributed by atoms with Crippen molar-refractivity contribution in [3.63, 3.8) is 0 Å². The van der Waals surface area contributed by atoms with E-state index in [0.717, 1.165) is 31.8 Å². The standard InChI is InChI=1S/C17H27NO2/c1-5-18(6-2)11-12-20-17-9-7-16(8-10-17)13-14(3)15(4)19/h7-10,14H,5-6,11-13H2,1-4H3/t14-/m1/s1. The molecule has 0 radical (unpaired) electrons. The third-order valence-corrected chi connectivity index (χ3v) is 3.73. The minimum absolute atomic E-state index is 0.0874. The summed E-state index contributed by atoms with van der Waals surface area (Å²) in [6.45, 7) is 11.7. The molecule has 1 aromatic carbocycles. The van der Waals surface area contributed by atoms with Crippen molar-refractivity contribution in [2.45, 2.75) is 34.1 Å². The summed E-state index contributed by atoms with van der Waals surface area (Å²) in [5.74, 6) is 1.23. The molecule has 112 valence electrons. The van der Waals surface area contributed by atoms with Crippen molar-refractivity contribution in [3.8, 4) is 5.75 Å². The van der Waals surface area contributed by atoms with Gasteiger partial charge in [-0.25, -0.2) is 0 Å². The second kappa shape index (κ2) is 8.75. The summed E-state index contributed by atoms with van der Waals surface area (Å²) < 4.78 is 5.74. The molecule has 0 aliphatic rings. The minimum atomic E-state index is 0.0874. The van der Waals surface area contributed by atoms with Crippen molar-refractivity contribution in [1.82, 2.24) is 4.90 Å². The van der Waals surface area contributed by atoms with Crippen LogP contribution in [0.1, 0.15) is 33.3 Å². The molecule has 0 amide bonds. The van der Waals surface area contributed by atoms with Gasteiger partial charge < -0.3 is 9.64 Å². The first-order valence-electron chi connectivity index (χ1n) is 7.51. The average Bonchev–Trinajstić information content (AvgIpc) is 2.45. The molecule has 0 spiro atoms. The molecule has 1 atom stereocenters. The third-order valence-electron chi connectivity index (χ3n) is 3.73. The summed E-state index contributed by atoms with van der Waals surface area (Å²) in [6.07, 6.45) is 0.801. The molecule has 3 nitrogen and oxygen atoms in total. The number of nitrogens with zero attached hydrogens (tertiary/aromatic N) is 1. The van der Waals surface area contributed by atoms with Crippen molar-refractivity contribution in [2.75, 3.05) is 26.2 Å². The van der Waals surface area contributed by atoms with Crippen LogP contribution in [-0.4, -0.2) is 36.9 Å². The van der Waals surface area contributed by atoms with Crippen LogP contribution in [0.15, 0.2) is 24.3 Å². The van der Waals surface area contributed by atoms with Crippen LogP contribution in [0.4, 0.5) is 0 Å². The Labute approximate surface area is 122 Å². The minimum Gasteiger partial charge on any atom is -0.492 e. The number of carbonyl (C=O) groups excluding carboxylic acids is 1. The zero-order chi connectivity index (χ0) is 15.0. The van der Waals surface area contributed by atoms with Gasteiger partial charge in [0, 0.05) is 12.5 Å². The normalized spacial score (nSPS) is 12.4. The largest absolute Gasteiger partial charge is 0.492 e. The zero-order valence-electron chi connectivity index (χ0n) is 13.2. The molecule has 0 N–H and O–H groups in total. The fourth-order valence-electron chi connectivity index (χ4n) is 2.05. The second-order valence-corrected chi connectivity index (χ2v) is 5.24. The molecule has 0 heterocycles. The first-order chi connectivity index (χ1) is 9.56. The molecule has 0 saturated carbocycles. The average molecular weight is 277 g/mol. The van der Waals surface area contributed by atoms with E-state index in [1.165, 1.54) is 5.56 Å². The van der Waals surface area contributed by atoms with Crippen LogP contribution in [0.3, 0.4) is 0 Å². The topological polar surface area (TPSA) is 29.5 Å². The summed E-state index contributed by atoms with van der Waals surface area (Å²) in [5.41, 5.74) is 1.18. The highest BCUT2D eigenvalue weighted by molar-refractivity contribution is 5.78. The molecule has 0 bridgehead atoms. The van der Waals surface area contributed by atoms with Crippen LogP contribution in [0.25, 0.3) is 0 Å². The number of hydrogen-bond acceptors (Lipinski definition) is 3. The Balaban J connectivity index is 2.40. The van der Waals surface area contributed by atoms with Crippen LogP contribution in [0.5, 0.6) is 5.75 Å². The van der Waals surface area contributed by atoms with Crippen molar-refractivity contribution >= 4 is 5.78 Å². The fraction of sp³-hybridized carbons (Fsp3) is 0.588. The first kappa shape index (κ1) is 16.7. The lowest BCUT2D eigenvalue weighted by Crippen LogP contribution is -2.27. The Morgan fingerprint density at radius 2 is 1.80 bits per heavy atom. The maximum Gasteiger partial charge on any atom is 0.132 e. The second-order valence-electron chi connectivity index (χ2n) is 5.24. The molecule has 0 fully saturated rings. The number of ketones is 1. The van der Waals surface area contributed by atoms with Crippen molar-refractivity contribution < 1.29 is 9.53 Å². The van der Waals surface area contributed by atoms with Crippen LogP contribution in [0.2, 0.25) is 0 Å². The quantitative estimate of drug-likeness (QED) is 0.694. The van der Waals surface area contributed by atoms with Crippen LogP contribution < -0.4 is 4.74 Å². The molecule has 0 aliphatic heterocycles. The predicted molar refractivity (Wildman–Crippen MR) is 83.3 cm³/mol. The van der Waals surface area contributed by atoms with E-state index < -0.39 is 0 Å². The number of Topliss-reactive ketones (excluding diaryl/α,β-unsaturated/α-hetero) is 1. The molecular formula is C17H27NO2. The summed E-state index contributed by atoms with van der Waals surface area (Å²) in [5, 5.41) is 0. The molecule has 20 heavy (non-hydrogen) atoms. The maximum absolute atomic E-state index is 11.2. The van der Waals surface area contributed by atoms with Gasteiger partial charge in [0.25, 0.3) is 0 Å². The van der Waals surface area contributed by atoms with E-state index in [2.05, 4.69) is 18.7 Å². The van der Waals surface area contributed by atoms with Gasteiger partial charge >= 0.3 is 0 Å². The number of carbonyl (C=O) groups is 1. The molecule has 0 aliphatic carbocycles. The Morgan fingerprint density at radius 1 is 1.20 bits per heavy atom. The Kier molecular flexibility index (Phi) is 7.31. The van der Waals surface area contributed by atoms with Crippen LogP contribution in [-0.2, 0) is 11.2 Å². The van der Waals surface area contributed by atoms with E-state index in [9.17, 15) is 4.79 Å². The number of ether oxygens (including phenoxy) is 1. The van der Waals surface area contributed by atoms with Crippen molar-refractivity contribution in [3.05, 3.63) is 29.8 Å². The predicted octanol–water partition coefficient (Wildman–Crippen LogP) is 3.17. The van der Waals surface area contributed by atoms with Gasteiger partial charge in [-0.05, 0) is 44.1 Å². The monoisotopic (exact) mass is 277 g/mol. The van der Waals surface area contributed by atoms with Gasteiger partial charge in [-0.1, -0.05) is 32.9 Å². The number of benzene rings is 1. The Bertz CT molecular complexity index is 396. The van der Waals surface area contributed by atoms with Gasteiger partial charge in [0.15, 0.2) is 0 Å². The lowest BCUT2D eigenvalue weighted by atomic mass is 9.98. The van der Waals surface area contributed by atoms with Gasteiger partial charge in [-0.15, -0.1) is 0 Å². The van der Waals surface area contributed by atoms with Gasteiger partial charge in [-0.3, -0.25) is 4.79 Å². The summed E-state index contributed by atoms with van der Waals surface area (Å²) in [6, 6.07) is 8.08. The summed E-state index contributed by atoms with van der Waals surface area (Å²) >= 11 is 0. The van der Waals surface area contributed by atoms with Crippen molar-refractivity contribution in [1.29, 1.82) is 0 Å². The fourth-order valence-corrected chi connectivity index (χ4v) is 2.05. The van der Waals surface area contributed by atoms with E-state index in [1.807, 2.05) is 31.2 Å². The Hall–Kier alpha value is -1.35. The van der Waals surface area contributed by atoms with E-state index in [1.54, 1.807) is 6.92 Å². The van der Waals surface area contributed by atoms with E-state index in [4.69, 9.17) is 4.74 Å². The van der Waals surface area contributed by atoms with Gasteiger partial charge in [0.1, 0.15) is 18.1 Å². The third kappa shape index (κ3) is 5.74. The molecule has 0 saturated heterocycles. The smallest absolute Gasteiger partial charge is 0.132 e. The molecule has 0 aromatic heterocycles. The van der Waals surface area contributed by atoms with Crippen molar-refractivity contribution in [2.24, 2.45) is 5.92 Å². The molecular weight excluding hydrogens is 250 g/mol. The number of likely N-dealkylation sites (N-methyl/N-ethyl adjacent to an activating group) is 1. The van der Waals surface area contributed by atoms with E-state index >= 15 is 0 Å². The summed E-state index contributed by atoms with van der Waals surface area (Å²) in [4.78, 5) is 13.6. The number of hydrogen-bond donors (Lipinski definition) is 0. The van der Waals surface area contributed by atoms with Crippen LogP contribution >= 0.6 is 0 Å².